The van der Waals surface area contributed by atoms with Crippen LogP contribution < -0.4 is 4.90 Å². The van der Waals surface area contributed by atoms with Crippen molar-refractivity contribution in [2.45, 2.75) is 6.42 Å². The topological polar surface area (TPSA) is 62.1 Å². The Morgan fingerprint density at radius 1 is 1.28 bits per heavy atom. The lowest BCUT2D eigenvalue weighted by molar-refractivity contribution is 0.290. The lowest BCUT2D eigenvalue weighted by atomic mass is 10.2. The molecule has 0 bridgehead atoms. The van der Waals surface area contributed by atoms with Crippen LogP contribution in [0.25, 0.3) is 11.3 Å². The van der Waals surface area contributed by atoms with Crippen molar-refractivity contribution in [2.24, 2.45) is 0 Å². The summed E-state index contributed by atoms with van der Waals surface area (Å²) in [5.74, 6) is 0.657. The second-order valence-corrected chi connectivity index (χ2v) is 3.98. The van der Waals surface area contributed by atoms with Gasteiger partial charge >= 0.3 is 0 Å². The van der Waals surface area contributed by atoms with E-state index in [1.807, 2.05) is 30.1 Å². The molecule has 0 saturated heterocycles. The average Bonchev–Trinajstić information content (AvgIpc) is 2.46. The fourth-order valence-corrected chi connectivity index (χ4v) is 1.62. The van der Waals surface area contributed by atoms with Crippen LogP contribution in [0.1, 0.15) is 6.42 Å². The Hall–Kier alpha value is -2.01. The first-order valence-corrected chi connectivity index (χ1v) is 5.86. The van der Waals surface area contributed by atoms with Gasteiger partial charge in [0.15, 0.2) is 0 Å². The number of hydrogen-bond acceptors (Lipinski definition) is 5. The number of aromatic nitrogens is 3. The van der Waals surface area contributed by atoms with Crippen molar-refractivity contribution < 1.29 is 5.11 Å². The quantitative estimate of drug-likeness (QED) is 0.860. The van der Waals surface area contributed by atoms with E-state index in [0.29, 0.717) is 12.4 Å². The summed E-state index contributed by atoms with van der Waals surface area (Å²) >= 11 is 0. The molecule has 0 saturated carbocycles. The molecule has 1 N–H and O–H groups in total. The third-order valence-electron chi connectivity index (χ3n) is 2.59. The molecule has 0 aromatic carbocycles. The molecule has 94 valence electrons. The normalized spacial score (nSPS) is 10.3. The van der Waals surface area contributed by atoms with Crippen LogP contribution in [0.3, 0.4) is 0 Å². The predicted molar refractivity (Wildman–Crippen MR) is 70.2 cm³/mol. The molecule has 0 unspecified atom stereocenters. The van der Waals surface area contributed by atoms with Crippen LogP contribution in [0.2, 0.25) is 0 Å². The summed E-state index contributed by atoms with van der Waals surface area (Å²) in [5.41, 5.74) is 1.82. The molecule has 0 amide bonds. The smallest absolute Gasteiger partial charge is 0.225 e. The minimum Gasteiger partial charge on any atom is -0.396 e. The van der Waals surface area contributed by atoms with Crippen molar-refractivity contribution in [3.05, 3.63) is 36.8 Å². The summed E-state index contributed by atoms with van der Waals surface area (Å²) in [6, 6.07) is 5.71. The van der Waals surface area contributed by atoms with Gasteiger partial charge < -0.3 is 10.0 Å². The van der Waals surface area contributed by atoms with Crippen LogP contribution in [0.15, 0.2) is 36.8 Å². The van der Waals surface area contributed by atoms with Gasteiger partial charge in [0, 0.05) is 44.4 Å². The highest BCUT2D eigenvalue weighted by Gasteiger charge is 2.06. The van der Waals surface area contributed by atoms with Crippen molar-refractivity contribution in [1.29, 1.82) is 0 Å². The highest BCUT2D eigenvalue weighted by molar-refractivity contribution is 5.58. The van der Waals surface area contributed by atoms with E-state index in [2.05, 4.69) is 15.0 Å². The van der Waals surface area contributed by atoms with Gasteiger partial charge in [-0.15, -0.1) is 0 Å². The Morgan fingerprint density at radius 2 is 2.17 bits per heavy atom. The van der Waals surface area contributed by atoms with Crippen molar-refractivity contribution in [2.75, 3.05) is 25.1 Å². The SMILES string of the molecule is CN(CCCO)c1nccc(-c2cccnc2)n1. The number of anilines is 1. The van der Waals surface area contributed by atoms with Gasteiger partial charge in [-0.1, -0.05) is 0 Å². The van der Waals surface area contributed by atoms with E-state index < -0.39 is 0 Å². The summed E-state index contributed by atoms with van der Waals surface area (Å²) in [7, 11) is 1.91. The second kappa shape index (κ2) is 6.07. The lowest BCUT2D eigenvalue weighted by Crippen LogP contribution is -2.21. The second-order valence-electron chi connectivity index (χ2n) is 3.98. The Kier molecular flexibility index (Phi) is 4.20. The first-order chi connectivity index (χ1) is 8.81. The Morgan fingerprint density at radius 3 is 2.89 bits per heavy atom. The van der Waals surface area contributed by atoms with Crippen molar-refractivity contribution in [1.82, 2.24) is 15.0 Å². The van der Waals surface area contributed by atoms with Gasteiger partial charge in [-0.2, -0.15) is 0 Å². The standard InChI is InChI=1S/C13H16N4O/c1-17(8-3-9-18)13-15-7-5-12(16-13)11-4-2-6-14-10-11/h2,4-7,10,18H,3,8-9H2,1H3. The molecule has 2 aromatic heterocycles. The molecule has 18 heavy (non-hydrogen) atoms. The van der Waals surface area contributed by atoms with E-state index in [1.54, 1.807) is 18.6 Å². The van der Waals surface area contributed by atoms with Crippen LogP contribution in [0, 0.1) is 0 Å². The largest absolute Gasteiger partial charge is 0.396 e. The molecule has 2 rings (SSSR count). The molecule has 0 aliphatic rings. The molecule has 0 aliphatic carbocycles. The maximum Gasteiger partial charge on any atom is 0.225 e. The number of nitrogens with zero attached hydrogens (tertiary/aromatic N) is 4. The molecule has 5 heteroatoms. The Balaban J connectivity index is 2.20. The number of pyridine rings is 1. The Bertz CT molecular complexity index is 489. The molecule has 0 atom stereocenters. The van der Waals surface area contributed by atoms with Gasteiger partial charge in [-0.25, -0.2) is 9.97 Å². The summed E-state index contributed by atoms with van der Waals surface area (Å²) in [6.45, 7) is 0.902. The first kappa shape index (κ1) is 12.4. The summed E-state index contributed by atoms with van der Waals surface area (Å²) in [4.78, 5) is 14.7. The molecule has 0 fully saturated rings. The van der Waals surface area contributed by atoms with Gasteiger partial charge in [0.05, 0.1) is 5.69 Å². The minimum atomic E-state index is 0.173. The van der Waals surface area contributed by atoms with Crippen LogP contribution in [-0.2, 0) is 0 Å². The maximum atomic E-state index is 8.82. The highest BCUT2D eigenvalue weighted by Crippen LogP contribution is 2.17. The lowest BCUT2D eigenvalue weighted by Gasteiger charge is -2.16. The number of rotatable bonds is 5. The first-order valence-electron chi connectivity index (χ1n) is 5.86. The summed E-state index contributed by atoms with van der Waals surface area (Å²) in [6.07, 6.45) is 5.95. The zero-order valence-corrected chi connectivity index (χ0v) is 10.3. The van der Waals surface area contributed by atoms with Crippen LogP contribution >= 0.6 is 0 Å². The zero-order chi connectivity index (χ0) is 12.8. The highest BCUT2D eigenvalue weighted by atomic mass is 16.3. The molecular formula is C13H16N4O. The van der Waals surface area contributed by atoms with Crippen molar-refractivity contribution in [3.63, 3.8) is 0 Å². The number of aliphatic hydroxyl groups excluding tert-OH is 1. The maximum absolute atomic E-state index is 8.82. The fourth-order valence-electron chi connectivity index (χ4n) is 1.62. The predicted octanol–water partition coefficient (Wildman–Crippen LogP) is 1.36. The molecule has 2 heterocycles. The van der Waals surface area contributed by atoms with Gasteiger partial charge in [0.25, 0.3) is 0 Å². The van der Waals surface area contributed by atoms with Crippen LogP contribution in [0.5, 0.6) is 0 Å². The van der Waals surface area contributed by atoms with Gasteiger partial charge in [-0.05, 0) is 24.6 Å². The monoisotopic (exact) mass is 244 g/mol. The van der Waals surface area contributed by atoms with Crippen LogP contribution in [-0.4, -0.2) is 40.3 Å². The number of hydrogen-bond donors (Lipinski definition) is 1. The van der Waals surface area contributed by atoms with Gasteiger partial charge in [0.2, 0.25) is 5.95 Å². The third-order valence-corrected chi connectivity index (χ3v) is 2.59. The summed E-state index contributed by atoms with van der Waals surface area (Å²) < 4.78 is 0. The van der Waals surface area contributed by atoms with E-state index in [1.165, 1.54) is 0 Å². The number of aliphatic hydroxyl groups is 1. The van der Waals surface area contributed by atoms with E-state index in [4.69, 9.17) is 5.11 Å². The van der Waals surface area contributed by atoms with E-state index in [9.17, 15) is 0 Å². The Labute approximate surface area is 106 Å². The molecular weight excluding hydrogens is 228 g/mol. The molecule has 0 aliphatic heterocycles. The molecule has 0 spiro atoms. The summed E-state index contributed by atoms with van der Waals surface area (Å²) in [5, 5.41) is 8.82. The van der Waals surface area contributed by atoms with Crippen LogP contribution in [0.4, 0.5) is 5.95 Å². The molecule has 5 nitrogen and oxygen atoms in total. The third kappa shape index (κ3) is 3.01. The van der Waals surface area contributed by atoms with Crippen molar-refractivity contribution in [3.8, 4) is 11.3 Å². The van der Waals surface area contributed by atoms with E-state index >= 15 is 0 Å². The van der Waals surface area contributed by atoms with Crippen molar-refractivity contribution >= 4 is 5.95 Å². The van der Waals surface area contributed by atoms with E-state index in [0.717, 1.165) is 17.8 Å². The van der Waals surface area contributed by atoms with Gasteiger partial charge in [-0.3, -0.25) is 4.98 Å². The minimum absolute atomic E-state index is 0.173. The zero-order valence-electron chi connectivity index (χ0n) is 10.3. The van der Waals surface area contributed by atoms with E-state index in [-0.39, 0.29) is 6.61 Å². The molecule has 2 aromatic rings. The molecule has 0 radical (unpaired) electrons. The van der Waals surface area contributed by atoms with Gasteiger partial charge in [0.1, 0.15) is 0 Å². The average molecular weight is 244 g/mol. The fraction of sp³-hybridized carbons (Fsp3) is 0.308.